The van der Waals surface area contributed by atoms with E-state index in [1.54, 1.807) is 13.3 Å². The summed E-state index contributed by atoms with van der Waals surface area (Å²) in [7, 11) is -2.44. The molecule has 0 radical (unpaired) electrons. The molecule has 1 rings (SSSR count). The van der Waals surface area contributed by atoms with Crippen molar-refractivity contribution in [2.45, 2.75) is 12.8 Å². The molecule has 12 heavy (non-hydrogen) atoms. The number of allylic oxidation sites excluding steroid dienone is 4. The van der Waals surface area contributed by atoms with Gasteiger partial charge in [-0.05, 0) is 19.4 Å². The van der Waals surface area contributed by atoms with Crippen LogP contribution in [0.15, 0.2) is 22.9 Å². The second-order valence-electron chi connectivity index (χ2n) is 3.32. The summed E-state index contributed by atoms with van der Waals surface area (Å²) in [5.41, 5.74) is 0. The Morgan fingerprint density at radius 1 is 1.33 bits per heavy atom. The van der Waals surface area contributed by atoms with Gasteiger partial charge < -0.3 is 14.8 Å². The van der Waals surface area contributed by atoms with Crippen molar-refractivity contribution in [1.29, 1.82) is 0 Å². The predicted molar refractivity (Wildman–Crippen MR) is 49.1 cm³/mol. The molecule has 0 aromatic rings. The molecule has 1 aliphatic carbocycles. The lowest BCUT2D eigenvalue weighted by molar-refractivity contribution is 0.341. The minimum absolute atomic E-state index is 0.154. The summed E-state index contributed by atoms with van der Waals surface area (Å²) in [5.74, 6) is 0.354. The maximum atomic E-state index is 11.6. The zero-order valence-electron chi connectivity index (χ0n) is 7.24. The smallest absolute Gasteiger partial charge is 0.113 e. The van der Waals surface area contributed by atoms with Crippen LogP contribution >= 0.6 is 7.14 Å². The lowest BCUT2D eigenvalue weighted by atomic mass is 10.1. The van der Waals surface area contributed by atoms with E-state index in [0.29, 0.717) is 18.2 Å². The first kappa shape index (κ1) is 9.40. The second-order valence-corrected chi connectivity index (χ2v) is 6.50. The van der Waals surface area contributed by atoms with Gasteiger partial charge in [0.25, 0.3) is 0 Å². The van der Waals surface area contributed by atoms with Gasteiger partial charge in [-0.2, -0.15) is 0 Å². The Balaban J connectivity index is 3.10. The summed E-state index contributed by atoms with van der Waals surface area (Å²) in [6, 6.07) is 0. The first-order valence-corrected chi connectivity index (χ1v) is 6.38. The second kappa shape index (κ2) is 2.98. The molecule has 0 aliphatic heterocycles. The molecule has 0 aromatic carbocycles. The van der Waals surface area contributed by atoms with Crippen molar-refractivity contribution < 1.29 is 14.8 Å². The lowest BCUT2D eigenvalue weighted by Crippen LogP contribution is -1.98. The molecule has 0 saturated heterocycles. The SMILES string of the molecule is CP(C)(=O)C1=C(O)CCC(O)=C1. The van der Waals surface area contributed by atoms with Gasteiger partial charge in [-0.25, -0.2) is 0 Å². The van der Waals surface area contributed by atoms with E-state index in [-0.39, 0.29) is 11.5 Å². The van der Waals surface area contributed by atoms with E-state index in [2.05, 4.69) is 0 Å². The largest absolute Gasteiger partial charge is 0.512 e. The van der Waals surface area contributed by atoms with E-state index in [9.17, 15) is 9.67 Å². The van der Waals surface area contributed by atoms with Crippen molar-refractivity contribution in [3.63, 3.8) is 0 Å². The summed E-state index contributed by atoms with van der Waals surface area (Å²) in [6.07, 6.45) is 2.25. The molecule has 0 bridgehead atoms. The van der Waals surface area contributed by atoms with Crippen LogP contribution < -0.4 is 0 Å². The van der Waals surface area contributed by atoms with E-state index < -0.39 is 7.14 Å². The van der Waals surface area contributed by atoms with Crippen LogP contribution in [0.25, 0.3) is 0 Å². The maximum absolute atomic E-state index is 11.6. The molecular formula is C8H13O3P. The third-order valence-electron chi connectivity index (χ3n) is 1.80. The Kier molecular flexibility index (Phi) is 2.34. The normalized spacial score (nSPS) is 19.3. The summed E-state index contributed by atoms with van der Waals surface area (Å²) in [6.45, 7) is 3.15. The van der Waals surface area contributed by atoms with Gasteiger partial charge in [0.2, 0.25) is 0 Å². The molecule has 3 nitrogen and oxygen atoms in total. The highest BCUT2D eigenvalue weighted by Gasteiger charge is 2.21. The molecule has 1 aliphatic rings. The van der Waals surface area contributed by atoms with Crippen molar-refractivity contribution in [2.75, 3.05) is 13.3 Å². The van der Waals surface area contributed by atoms with E-state index in [1.165, 1.54) is 6.08 Å². The van der Waals surface area contributed by atoms with E-state index in [0.717, 1.165) is 0 Å². The van der Waals surface area contributed by atoms with Crippen LogP contribution in [-0.2, 0) is 4.57 Å². The molecule has 0 aromatic heterocycles. The highest BCUT2D eigenvalue weighted by molar-refractivity contribution is 7.66. The first-order valence-electron chi connectivity index (χ1n) is 3.78. The van der Waals surface area contributed by atoms with E-state index >= 15 is 0 Å². The lowest BCUT2D eigenvalue weighted by Gasteiger charge is -2.16. The van der Waals surface area contributed by atoms with E-state index in [1.807, 2.05) is 0 Å². The molecular weight excluding hydrogens is 175 g/mol. The van der Waals surface area contributed by atoms with Crippen molar-refractivity contribution in [2.24, 2.45) is 0 Å². The molecule has 2 N–H and O–H groups in total. The fourth-order valence-electron chi connectivity index (χ4n) is 1.15. The Morgan fingerprint density at radius 2 is 1.92 bits per heavy atom. The molecule has 0 heterocycles. The number of hydrogen-bond acceptors (Lipinski definition) is 3. The number of aliphatic hydroxyl groups excluding tert-OH is 2. The molecule has 0 atom stereocenters. The fourth-order valence-corrected chi connectivity index (χ4v) is 2.35. The van der Waals surface area contributed by atoms with Gasteiger partial charge in [0, 0.05) is 12.8 Å². The van der Waals surface area contributed by atoms with Crippen LogP contribution in [0, 0.1) is 0 Å². The number of hydrogen-bond donors (Lipinski definition) is 2. The summed E-state index contributed by atoms with van der Waals surface area (Å²) >= 11 is 0. The molecule has 0 amide bonds. The minimum Gasteiger partial charge on any atom is -0.512 e. The zero-order chi connectivity index (χ0) is 9.35. The van der Waals surface area contributed by atoms with Crippen molar-refractivity contribution in [3.8, 4) is 0 Å². The van der Waals surface area contributed by atoms with Crippen molar-refractivity contribution in [1.82, 2.24) is 0 Å². The Hall–Kier alpha value is -0.690. The van der Waals surface area contributed by atoms with Crippen molar-refractivity contribution >= 4 is 7.14 Å². The highest BCUT2D eigenvalue weighted by Crippen LogP contribution is 2.50. The fraction of sp³-hybridized carbons (Fsp3) is 0.500. The van der Waals surface area contributed by atoms with Crippen LogP contribution in [0.2, 0.25) is 0 Å². The number of rotatable bonds is 1. The van der Waals surface area contributed by atoms with E-state index in [4.69, 9.17) is 5.11 Å². The summed E-state index contributed by atoms with van der Waals surface area (Å²) in [5, 5.41) is 18.9. The Morgan fingerprint density at radius 3 is 2.33 bits per heavy atom. The average molecular weight is 188 g/mol. The van der Waals surface area contributed by atoms with Crippen LogP contribution in [0.3, 0.4) is 0 Å². The van der Waals surface area contributed by atoms with Gasteiger partial charge in [0.05, 0.1) is 11.1 Å². The quantitative estimate of drug-likeness (QED) is 0.622. The first-order chi connectivity index (χ1) is 5.41. The Bertz CT molecular complexity index is 295. The van der Waals surface area contributed by atoms with Crippen LogP contribution in [0.5, 0.6) is 0 Å². The Labute approximate surface area is 71.8 Å². The zero-order valence-corrected chi connectivity index (χ0v) is 8.14. The number of aliphatic hydroxyl groups is 2. The third kappa shape index (κ3) is 1.92. The van der Waals surface area contributed by atoms with Gasteiger partial charge in [-0.15, -0.1) is 0 Å². The summed E-state index contributed by atoms with van der Waals surface area (Å²) in [4.78, 5) is 0. The van der Waals surface area contributed by atoms with Crippen LogP contribution in [-0.4, -0.2) is 23.5 Å². The third-order valence-corrected chi connectivity index (χ3v) is 3.34. The van der Waals surface area contributed by atoms with Crippen LogP contribution in [0.4, 0.5) is 0 Å². The van der Waals surface area contributed by atoms with Gasteiger partial charge in [0.15, 0.2) is 0 Å². The molecule has 0 spiro atoms. The van der Waals surface area contributed by atoms with Gasteiger partial charge in [-0.3, -0.25) is 0 Å². The molecule has 4 heteroatoms. The molecule has 0 unspecified atom stereocenters. The minimum atomic E-state index is -2.44. The molecule has 0 fully saturated rings. The van der Waals surface area contributed by atoms with Gasteiger partial charge in [0.1, 0.15) is 12.9 Å². The predicted octanol–water partition coefficient (Wildman–Crippen LogP) is 2.61. The van der Waals surface area contributed by atoms with Gasteiger partial charge >= 0.3 is 0 Å². The topological polar surface area (TPSA) is 57.5 Å². The monoisotopic (exact) mass is 188 g/mol. The maximum Gasteiger partial charge on any atom is 0.113 e. The van der Waals surface area contributed by atoms with Gasteiger partial charge in [-0.1, -0.05) is 0 Å². The van der Waals surface area contributed by atoms with Crippen LogP contribution in [0.1, 0.15) is 12.8 Å². The average Bonchev–Trinajstić information content (AvgIpc) is 1.92. The highest BCUT2D eigenvalue weighted by atomic mass is 31.2. The summed E-state index contributed by atoms with van der Waals surface area (Å²) < 4.78 is 11.6. The molecule has 68 valence electrons. The van der Waals surface area contributed by atoms with Crippen molar-refractivity contribution in [3.05, 3.63) is 22.9 Å². The standard InChI is InChI=1S/C8H13O3P/c1-12(2,11)8-5-6(9)3-4-7(8)10/h5,9-10H,3-4H2,1-2H3. The molecule has 0 saturated carbocycles.